The fraction of sp³-hybridized carbons (Fsp3) is 0.154. The Morgan fingerprint density at radius 2 is 2.05 bits per heavy atom. The first-order valence-electron chi connectivity index (χ1n) is 5.88. The molecule has 0 atom stereocenters. The number of nitrogens with one attached hydrogen (secondary N) is 1. The van der Waals surface area contributed by atoms with Crippen LogP contribution in [0.2, 0.25) is 0 Å². The lowest BCUT2D eigenvalue weighted by atomic mass is 10.1. The van der Waals surface area contributed by atoms with Crippen LogP contribution in [-0.4, -0.2) is 18.8 Å². The minimum atomic E-state index is -4.24. The Hall–Kier alpha value is -1.92. The standard InChI is InChI=1S/C13H12N2O3S/c1-2-12-14-9-5-3-4-8-11(19(16,17)18)7-6-10(15-12)13(8)9/h3-7H,2H2,1H3,(H,14,15)(H,16,17,18). The van der Waals surface area contributed by atoms with Crippen molar-refractivity contribution in [1.29, 1.82) is 0 Å². The van der Waals surface area contributed by atoms with E-state index in [4.69, 9.17) is 0 Å². The van der Waals surface area contributed by atoms with E-state index in [1.165, 1.54) is 6.07 Å². The van der Waals surface area contributed by atoms with Crippen LogP contribution in [0.15, 0.2) is 40.2 Å². The summed E-state index contributed by atoms with van der Waals surface area (Å²) in [6.07, 6.45) is 0.760. The Morgan fingerprint density at radius 3 is 2.74 bits per heavy atom. The number of anilines is 1. The van der Waals surface area contributed by atoms with Gasteiger partial charge in [-0.3, -0.25) is 4.55 Å². The van der Waals surface area contributed by atoms with E-state index in [9.17, 15) is 13.0 Å². The molecule has 0 saturated heterocycles. The van der Waals surface area contributed by atoms with Gasteiger partial charge in [-0.25, -0.2) is 4.99 Å². The molecule has 1 heterocycles. The van der Waals surface area contributed by atoms with Gasteiger partial charge in [0.25, 0.3) is 10.1 Å². The second kappa shape index (κ2) is 4.04. The molecule has 0 unspecified atom stereocenters. The van der Waals surface area contributed by atoms with Gasteiger partial charge in [0.1, 0.15) is 10.7 Å². The lowest BCUT2D eigenvalue weighted by molar-refractivity contribution is 0.484. The second-order valence-corrected chi connectivity index (χ2v) is 5.71. The molecule has 0 amide bonds. The Labute approximate surface area is 110 Å². The van der Waals surface area contributed by atoms with Crippen molar-refractivity contribution in [2.24, 2.45) is 4.99 Å². The average Bonchev–Trinajstić information content (AvgIpc) is 2.37. The van der Waals surface area contributed by atoms with E-state index >= 15 is 0 Å². The quantitative estimate of drug-likeness (QED) is 0.826. The van der Waals surface area contributed by atoms with Gasteiger partial charge in [0.15, 0.2) is 0 Å². The number of nitrogens with zero attached hydrogens (tertiary/aromatic N) is 1. The Morgan fingerprint density at radius 1 is 1.26 bits per heavy atom. The molecule has 6 heteroatoms. The first-order chi connectivity index (χ1) is 9.00. The molecular weight excluding hydrogens is 264 g/mol. The summed E-state index contributed by atoms with van der Waals surface area (Å²) >= 11 is 0. The van der Waals surface area contributed by atoms with E-state index in [0.29, 0.717) is 11.1 Å². The normalized spacial score (nSPS) is 14.1. The van der Waals surface area contributed by atoms with Crippen LogP contribution in [0, 0.1) is 0 Å². The summed E-state index contributed by atoms with van der Waals surface area (Å²) in [5.74, 6) is 0.833. The highest BCUT2D eigenvalue weighted by atomic mass is 32.2. The first-order valence-corrected chi connectivity index (χ1v) is 7.32. The van der Waals surface area contributed by atoms with Crippen molar-refractivity contribution >= 4 is 38.1 Å². The molecule has 0 fully saturated rings. The Balaban J connectivity index is 2.42. The van der Waals surface area contributed by atoms with Crippen molar-refractivity contribution in [3.05, 3.63) is 30.3 Å². The van der Waals surface area contributed by atoms with Crippen molar-refractivity contribution in [1.82, 2.24) is 0 Å². The predicted octanol–water partition coefficient (Wildman–Crippen LogP) is 2.95. The van der Waals surface area contributed by atoms with Crippen LogP contribution in [-0.2, 0) is 10.1 Å². The highest BCUT2D eigenvalue weighted by Gasteiger charge is 2.20. The molecular formula is C13H12N2O3S. The molecule has 1 aliphatic heterocycles. The van der Waals surface area contributed by atoms with Crippen LogP contribution in [0.4, 0.5) is 11.4 Å². The molecule has 5 nitrogen and oxygen atoms in total. The van der Waals surface area contributed by atoms with Gasteiger partial charge >= 0.3 is 0 Å². The summed E-state index contributed by atoms with van der Waals surface area (Å²) in [4.78, 5) is 4.34. The zero-order valence-corrected chi connectivity index (χ0v) is 11.0. The zero-order valence-electron chi connectivity index (χ0n) is 10.2. The van der Waals surface area contributed by atoms with Crippen LogP contribution >= 0.6 is 0 Å². The van der Waals surface area contributed by atoms with Gasteiger partial charge in [-0.1, -0.05) is 19.1 Å². The highest BCUT2D eigenvalue weighted by Crippen LogP contribution is 2.38. The predicted molar refractivity (Wildman–Crippen MR) is 74.8 cm³/mol. The summed E-state index contributed by atoms with van der Waals surface area (Å²) in [5.41, 5.74) is 1.53. The van der Waals surface area contributed by atoms with Gasteiger partial charge in [0.05, 0.1) is 5.69 Å². The van der Waals surface area contributed by atoms with Gasteiger partial charge in [0.2, 0.25) is 0 Å². The molecule has 2 aromatic rings. The van der Waals surface area contributed by atoms with Crippen LogP contribution < -0.4 is 5.32 Å². The Kier molecular flexibility index (Phi) is 2.58. The molecule has 2 N–H and O–H groups in total. The fourth-order valence-electron chi connectivity index (χ4n) is 2.28. The van der Waals surface area contributed by atoms with Crippen LogP contribution in [0.3, 0.4) is 0 Å². The van der Waals surface area contributed by atoms with Crippen molar-refractivity contribution in [3.63, 3.8) is 0 Å². The second-order valence-electron chi connectivity index (χ2n) is 4.32. The van der Waals surface area contributed by atoms with Crippen molar-refractivity contribution < 1.29 is 13.0 Å². The summed E-state index contributed by atoms with van der Waals surface area (Å²) in [7, 11) is -4.24. The third kappa shape index (κ3) is 1.89. The first kappa shape index (κ1) is 12.1. The monoisotopic (exact) mass is 276 g/mol. The molecule has 1 aliphatic rings. The molecule has 19 heavy (non-hydrogen) atoms. The maximum atomic E-state index is 11.4. The van der Waals surface area contributed by atoms with Crippen molar-refractivity contribution in [2.75, 3.05) is 5.32 Å². The summed E-state index contributed by atoms with van der Waals surface area (Å²) in [6.45, 7) is 1.99. The smallest absolute Gasteiger partial charge is 0.295 e. The molecule has 0 bridgehead atoms. The van der Waals surface area contributed by atoms with Crippen LogP contribution in [0.25, 0.3) is 10.8 Å². The van der Waals surface area contributed by atoms with E-state index in [-0.39, 0.29) is 4.90 Å². The van der Waals surface area contributed by atoms with E-state index < -0.39 is 10.1 Å². The topological polar surface area (TPSA) is 78.8 Å². The van der Waals surface area contributed by atoms with E-state index in [1.54, 1.807) is 18.2 Å². The number of hydrogen-bond donors (Lipinski definition) is 2. The molecule has 3 rings (SSSR count). The number of rotatable bonds is 2. The lowest BCUT2D eigenvalue weighted by Crippen LogP contribution is -2.13. The maximum absolute atomic E-state index is 11.4. The fourth-order valence-corrected chi connectivity index (χ4v) is 2.97. The number of amidine groups is 1. The zero-order chi connectivity index (χ0) is 13.6. The summed E-state index contributed by atoms with van der Waals surface area (Å²) < 4.78 is 32.1. The van der Waals surface area contributed by atoms with E-state index in [1.807, 2.05) is 13.0 Å². The van der Waals surface area contributed by atoms with Gasteiger partial charge in [-0.2, -0.15) is 8.42 Å². The molecule has 0 aliphatic carbocycles. The largest absolute Gasteiger partial charge is 0.343 e. The summed E-state index contributed by atoms with van der Waals surface area (Å²) in [5, 5.41) is 4.36. The van der Waals surface area contributed by atoms with E-state index in [2.05, 4.69) is 10.3 Å². The average molecular weight is 276 g/mol. The third-order valence-corrected chi connectivity index (χ3v) is 4.04. The van der Waals surface area contributed by atoms with Crippen LogP contribution in [0.1, 0.15) is 13.3 Å². The van der Waals surface area contributed by atoms with Crippen molar-refractivity contribution in [3.8, 4) is 0 Å². The van der Waals surface area contributed by atoms with Crippen LogP contribution in [0.5, 0.6) is 0 Å². The molecule has 0 aromatic heterocycles. The summed E-state index contributed by atoms with van der Waals surface area (Å²) in [6, 6.07) is 8.29. The number of aliphatic imine (C=N–C) groups is 1. The minimum Gasteiger partial charge on any atom is -0.343 e. The molecule has 0 radical (unpaired) electrons. The van der Waals surface area contributed by atoms with Gasteiger partial charge in [-0.15, -0.1) is 0 Å². The maximum Gasteiger partial charge on any atom is 0.295 e. The molecule has 2 aromatic carbocycles. The third-order valence-electron chi connectivity index (χ3n) is 3.13. The van der Waals surface area contributed by atoms with E-state index in [0.717, 1.165) is 23.3 Å². The van der Waals surface area contributed by atoms with Gasteiger partial charge in [0, 0.05) is 22.9 Å². The lowest BCUT2D eigenvalue weighted by Gasteiger charge is -2.19. The molecule has 98 valence electrons. The number of benzene rings is 2. The highest BCUT2D eigenvalue weighted by molar-refractivity contribution is 7.86. The van der Waals surface area contributed by atoms with Crippen molar-refractivity contribution in [2.45, 2.75) is 18.2 Å². The minimum absolute atomic E-state index is 0.0925. The molecule has 0 spiro atoms. The molecule has 0 saturated carbocycles. The number of hydrogen-bond acceptors (Lipinski definition) is 4. The van der Waals surface area contributed by atoms with Gasteiger partial charge < -0.3 is 5.32 Å². The van der Waals surface area contributed by atoms with Gasteiger partial charge in [-0.05, 0) is 18.2 Å². The SMILES string of the molecule is CCC1=Nc2ccc(S(=O)(=O)O)c3cccc(c23)N1. The Bertz CT molecular complexity index is 810.